The SMILES string of the molecule is COc1ccc(-c2nn3c(Cc4cccc5ccccc45)nnc3s2)cc1. The zero-order valence-electron chi connectivity index (χ0n) is 14.7. The van der Waals surface area contributed by atoms with Crippen LogP contribution in [0.25, 0.3) is 26.3 Å². The van der Waals surface area contributed by atoms with E-state index in [-0.39, 0.29) is 0 Å². The molecule has 0 aliphatic heterocycles. The number of hydrogen-bond donors (Lipinski definition) is 0. The van der Waals surface area contributed by atoms with Crippen LogP contribution >= 0.6 is 11.3 Å². The first-order chi connectivity index (χ1) is 13.3. The van der Waals surface area contributed by atoms with Crippen LogP contribution in [0.15, 0.2) is 66.7 Å². The molecular weight excluding hydrogens is 356 g/mol. The van der Waals surface area contributed by atoms with Gasteiger partial charge in [-0.2, -0.15) is 9.61 Å². The van der Waals surface area contributed by atoms with Gasteiger partial charge in [0, 0.05) is 12.0 Å². The highest BCUT2D eigenvalue weighted by atomic mass is 32.1. The second kappa shape index (κ2) is 6.48. The first-order valence-corrected chi connectivity index (χ1v) is 9.45. The van der Waals surface area contributed by atoms with E-state index < -0.39 is 0 Å². The highest BCUT2D eigenvalue weighted by molar-refractivity contribution is 7.19. The van der Waals surface area contributed by atoms with Gasteiger partial charge < -0.3 is 4.74 Å². The fourth-order valence-corrected chi connectivity index (χ4v) is 4.10. The Labute approximate surface area is 159 Å². The molecule has 0 atom stereocenters. The Bertz CT molecular complexity index is 1240. The minimum Gasteiger partial charge on any atom is -0.497 e. The summed E-state index contributed by atoms with van der Waals surface area (Å²) in [5, 5.41) is 16.8. The van der Waals surface area contributed by atoms with E-state index in [2.05, 4.69) is 52.7 Å². The molecule has 0 amide bonds. The van der Waals surface area contributed by atoms with Crippen LogP contribution < -0.4 is 4.74 Å². The minimum atomic E-state index is 0.689. The van der Waals surface area contributed by atoms with Gasteiger partial charge in [-0.15, -0.1) is 10.2 Å². The number of benzene rings is 3. The molecule has 5 rings (SSSR count). The predicted octanol–water partition coefficient (Wildman–Crippen LogP) is 4.61. The Morgan fingerprint density at radius 2 is 1.74 bits per heavy atom. The molecule has 0 N–H and O–H groups in total. The standard InChI is InChI=1S/C21H16N4OS/c1-26-17-11-9-15(10-12-17)20-24-25-19(22-23-21(25)27-20)13-16-7-4-6-14-5-2-3-8-18(14)16/h2-12H,13H2,1H3. The summed E-state index contributed by atoms with van der Waals surface area (Å²) in [6.45, 7) is 0. The third kappa shape index (κ3) is 2.84. The van der Waals surface area contributed by atoms with Crippen LogP contribution in [0.1, 0.15) is 11.4 Å². The Hall–Kier alpha value is -3.25. The van der Waals surface area contributed by atoms with Gasteiger partial charge in [0.25, 0.3) is 0 Å². The first-order valence-electron chi connectivity index (χ1n) is 8.64. The Morgan fingerprint density at radius 3 is 2.59 bits per heavy atom. The minimum absolute atomic E-state index is 0.689. The maximum Gasteiger partial charge on any atom is 0.234 e. The molecule has 0 saturated heterocycles. The molecule has 0 bridgehead atoms. The molecule has 0 spiro atoms. The lowest BCUT2D eigenvalue weighted by molar-refractivity contribution is 0.415. The van der Waals surface area contributed by atoms with Gasteiger partial charge in [-0.05, 0) is 40.6 Å². The summed E-state index contributed by atoms with van der Waals surface area (Å²) in [5.41, 5.74) is 2.27. The molecule has 3 aromatic carbocycles. The fourth-order valence-electron chi connectivity index (χ4n) is 3.23. The molecular formula is C21H16N4OS. The second-order valence-electron chi connectivity index (χ2n) is 6.26. The number of methoxy groups -OCH3 is 1. The number of fused-ring (bicyclic) bond motifs is 2. The Balaban J connectivity index is 1.53. The molecule has 0 saturated carbocycles. The highest BCUT2D eigenvalue weighted by Gasteiger charge is 2.14. The van der Waals surface area contributed by atoms with Crippen molar-refractivity contribution in [1.29, 1.82) is 0 Å². The van der Waals surface area contributed by atoms with E-state index in [1.807, 2.05) is 28.8 Å². The zero-order chi connectivity index (χ0) is 18.2. The quantitative estimate of drug-likeness (QED) is 0.462. The van der Waals surface area contributed by atoms with Crippen molar-refractivity contribution in [2.45, 2.75) is 6.42 Å². The average Bonchev–Trinajstić information content (AvgIpc) is 3.30. The van der Waals surface area contributed by atoms with Gasteiger partial charge in [-0.3, -0.25) is 0 Å². The number of rotatable bonds is 4. The Morgan fingerprint density at radius 1 is 0.926 bits per heavy atom. The summed E-state index contributed by atoms with van der Waals surface area (Å²) in [6.07, 6.45) is 0.689. The van der Waals surface area contributed by atoms with E-state index >= 15 is 0 Å². The molecule has 0 radical (unpaired) electrons. The third-order valence-electron chi connectivity index (χ3n) is 4.62. The van der Waals surface area contributed by atoms with E-state index in [1.54, 1.807) is 7.11 Å². The van der Waals surface area contributed by atoms with Crippen LogP contribution in [-0.2, 0) is 6.42 Å². The van der Waals surface area contributed by atoms with Gasteiger partial charge in [0.1, 0.15) is 10.8 Å². The van der Waals surface area contributed by atoms with Crippen molar-refractivity contribution in [3.05, 3.63) is 78.1 Å². The topological polar surface area (TPSA) is 52.3 Å². The first kappa shape index (κ1) is 16.0. The lowest BCUT2D eigenvalue weighted by atomic mass is 10.0. The van der Waals surface area contributed by atoms with Crippen molar-refractivity contribution in [2.24, 2.45) is 0 Å². The average molecular weight is 372 g/mol. The predicted molar refractivity (Wildman–Crippen MR) is 107 cm³/mol. The van der Waals surface area contributed by atoms with Crippen LogP contribution in [-0.4, -0.2) is 26.9 Å². The summed E-state index contributed by atoms with van der Waals surface area (Å²) >= 11 is 1.54. The number of aromatic nitrogens is 4. The van der Waals surface area contributed by atoms with Crippen LogP contribution in [0.5, 0.6) is 5.75 Å². The van der Waals surface area contributed by atoms with Crippen LogP contribution in [0.2, 0.25) is 0 Å². The molecule has 2 aromatic heterocycles. The van der Waals surface area contributed by atoms with Gasteiger partial charge in [0.05, 0.1) is 7.11 Å². The van der Waals surface area contributed by atoms with Crippen LogP contribution in [0, 0.1) is 0 Å². The largest absolute Gasteiger partial charge is 0.497 e. The summed E-state index contributed by atoms with van der Waals surface area (Å²) in [7, 11) is 1.66. The van der Waals surface area contributed by atoms with Crippen molar-refractivity contribution in [2.75, 3.05) is 7.11 Å². The maximum absolute atomic E-state index is 5.23. The maximum atomic E-state index is 5.23. The van der Waals surface area contributed by atoms with E-state index in [1.165, 1.54) is 27.7 Å². The van der Waals surface area contributed by atoms with E-state index in [0.717, 1.165) is 27.1 Å². The second-order valence-corrected chi connectivity index (χ2v) is 7.22. The summed E-state index contributed by atoms with van der Waals surface area (Å²) in [6, 6.07) is 22.6. The lowest BCUT2D eigenvalue weighted by Crippen LogP contribution is -1.98. The van der Waals surface area contributed by atoms with E-state index in [9.17, 15) is 0 Å². The molecule has 6 heteroatoms. The van der Waals surface area contributed by atoms with Gasteiger partial charge in [-0.1, -0.05) is 53.8 Å². The van der Waals surface area contributed by atoms with Crippen molar-refractivity contribution in [3.8, 4) is 16.3 Å². The molecule has 132 valence electrons. The molecule has 5 aromatic rings. The van der Waals surface area contributed by atoms with Gasteiger partial charge >= 0.3 is 0 Å². The molecule has 0 aliphatic carbocycles. The lowest BCUT2D eigenvalue weighted by Gasteiger charge is -2.04. The molecule has 0 fully saturated rings. The molecule has 0 unspecified atom stereocenters. The fraction of sp³-hybridized carbons (Fsp3) is 0.0952. The Kier molecular flexibility index (Phi) is 3.83. The number of hydrogen-bond acceptors (Lipinski definition) is 5. The monoisotopic (exact) mass is 372 g/mol. The van der Waals surface area contributed by atoms with Crippen molar-refractivity contribution >= 4 is 27.1 Å². The summed E-state index contributed by atoms with van der Waals surface area (Å²) in [4.78, 5) is 0.802. The highest BCUT2D eigenvalue weighted by Crippen LogP contribution is 2.28. The van der Waals surface area contributed by atoms with Crippen LogP contribution in [0.4, 0.5) is 0 Å². The van der Waals surface area contributed by atoms with Crippen molar-refractivity contribution in [3.63, 3.8) is 0 Å². The molecule has 2 heterocycles. The van der Waals surface area contributed by atoms with E-state index in [0.29, 0.717) is 6.42 Å². The zero-order valence-corrected chi connectivity index (χ0v) is 15.5. The van der Waals surface area contributed by atoms with Crippen LogP contribution in [0.3, 0.4) is 0 Å². The number of nitrogens with zero attached hydrogens (tertiary/aromatic N) is 4. The van der Waals surface area contributed by atoms with Gasteiger partial charge in [0.15, 0.2) is 5.82 Å². The number of ether oxygens (including phenoxy) is 1. The smallest absolute Gasteiger partial charge is 0.234 e. The third-order valence-corrected chi connectivity index (χ3v) is 5.57. The van der Waals surface area contributed by atoms with Crippen molar-refractivity contribution < 1.29 is 4.74 Å². The summed E-state index contributed by atoms with van der Waals surface area (Å²) < 4.78 is 7.08. The summed E-state index contributed by atoms with van der Waals surface area (Å²) in [5.74, 6) is 1.68. The molecule has 27 heavy (non-hydrogen) atoms. The normalized spacial score (nSPS) is 11.3. The molecule has 5 nitrogen and oxygen atoms in total. The van der Waals surface area contributed by atoms with E-state index in [4.69, 9.17) is 9.84 Å². The van der Waals surface area contributed by atoms with Gasteiger partial charge in [0.2, 0.25) is 4.96 Å². The van der Waals surface area contributed by atoms with Crippen molar-refractivity contribution in [1.82, 2.24) is 19.8 Å². The molecule has 0 aliphatic rings. The van der Waals surface area contributed by atoms with Gasteiger partial charge in [-0.25, -0.2) is 0 Å².